The van der Waals surface area contributed by atoms with Gasteiger partial charge in [-0.1, -0.05) is 31.3 Å². The van der Waals surface area contributed by atoms with Crippen molar-refractivity contribution in [2.45, 2.75) is 34.1 Å². The van der Waals surface area contributed by atoms with E-state index in [1.54, 1.807) is 12.1 Å². The molecule has 8 heteroatoms. The normalized spacial score (nSPS) is 11.1. The summed E-state index contributed by atoms with van der Waals surface area (Å²) in [5.41, 5.74) is 3.28. The summed E-state index contributed by atoms with van der Waals surface area (Å²) in [5, 5.41) is 29.2. The molecule has 26 heavy (non-hydrogen) atoms. The van der Waals surface area contributed by atoms with Crippen molar-refractivity contribution >= 4 is 22.4 Å². The van der Waals surface area contributed by atoms with Crippen molar-refractivity contribution in [1.29, 1.82) is 0 Å². The number of H-pyrrole nitrogens is 1. The Morgan fingerprint density at radius 2 is 2.04 bits per heavy atom. The number of carbonyl (C=O) groups excluding carboxylic acids is 1. The quantitative estimate of drug-likeness (QED) is 0.634. The Labute approximate surface area is 155 Å². The summed E-state index contributed by atoms with van der Waals surface area (Å²) in [6.45, 7) is 8.02. The number of hydrogen-bond donors (Lipinski definition) is 3. The molecule has 7 nitrogen and oxygen atoms in total. The van der Waals surface area contributed by atoms with E-state index in [1.807, 2.05) is 19.9 Å². The number of nitrogens with one attached hydrogen (secondary N) is 2. The molecule has 2 heterocycles. The maximum atomic E-state index is 12.4. The lowest BCUT2D eigenvalue weighted by molar-refractivity contribution is 0.102. The van der Waals surface area contributed by atoms with Crippen molar-refractivity contribution in [2.24, 2.45) is 5.92 Å². The Kier molecular flexibility index (Phi) is 5.03. The third kappa shape index (κ3) is 3.91. The molecule has 0 saturated heterocycles. The maximum Gasteiger partial charge on any atom is 0.275 e. The second-order valence-electron chi connectivity index (χ2n) is 6.70. The van der Waals surface area contributed by atoms with E-state index in [4.69, 9.17) is 0 Å². The molecule has 1 aromatic carbocycles. The van der Waals surface area contributed by atoms with Crippen LogP contribution in [0.1, 0.15) is 40.5 Å². The van der Waals surface area contributed by atoms with Gasteiger partial charge in [-0.2, -0.15) is 5.10 Å². The first-order valence-corrected chi connectivity index (χ1v) is 9.15. The fraction of sp³-hybridized carbons (Fsp3) is 0.333. The first-order valence-electron chi connectivity index (χ1n) is 8.33. The van der Waals surface area contributed by atoms with Crippen LogP contribution in [0.25, 0.3) is 11.3 Å². The smallest absolute Gasteiger partial charge is 0.275 e. The van der Waals surface area contributed by atoms with Crippen LogP contribution in [0.3, 0.4) is 0 Å². The summed E-state index contributed by atoms with van der Waals surface area (Å²) in [6, 6.07) is 5.25. The lowest BCUT2D eigenvalue weighted by Crippen LogP contribution is -2.12. The molecule has 0 aliphatic rings. The molecule has 0 atom stereocenters. The SMILES string of the molecule is Cc1cc(C)c(-c2cc(C(=O)Nc3nnc(CC(C)C)s3)[nH]n2)c(O)c1. The molecular formula is C18H21N5O2S. The number of nitrogens with zero attached hydrogens (tertiary/aromatic N) is 3. The van der Waals surface area contributed by atoms with Crippen LogP contribution in [-0.4, -0.2) is 31.4 Å². The Morgan fingerprint density at radius 3 is 2.73 bits per heavy atom. The van der Waals surface area contributed by atoms with Crippen LogP contribution in [-0.2, 0) is 6.42 Å². The van der Waals surface area contributed by atoms with Crippen molar-refractivity contribution in [2.75, 3.05) is 5.32 Å². The summed E-state index contributed by atoms with van der Waals surface area (Å²) in [7, 11) is 0. The summed E-state index contributed by atoms with van der Waals surface area (Å²) in [5.74, 6) is 0.274. The average molecular weight is 371 g/mol. The molecule has 1 amide bonds. The second-order valence-corrected chi connectivity index (χ2v) is 7.76. The summed E-state index contributed by atoms with van der Waals surface area (Å²) in [6.07, 6.45) is 0.827. The summed E-state index contributed by atoms with van der Waals surface area (Å²) in [4.78, 5) is 12.4. The van der Waals surface area contributed by atoms with Crippen molar-refractivity contribution in [3.05, 3.63) is 40.0 Å². The van der Waals surface area contributed by atoms with Crippen molar-refractivity contribution < 1.29 is 9.90 Å². The number of hydrogen-bond acceptors (Lipinski definition) is 6. The predicted octanol–water partition coefficient (Wildman–Crippen LogP) is 3.70. The van der Waals surface area contributed by atoms with Gasteiger partial charge in [-0.15, -0.1) is 10.2 Å². The van der Waals surface area contributed by atoms with Crippen LogP contribution in [0.15, 0.2) is 18.2 Å². The molecule has 2 aromatic heterocycles. The number of phenolic OH excluding ortho intramolecular Hbond substituents is 1. The number of anilines is 1. The maximum absolute atomic E-state index is 12.4. The van der Waals surface area contributed by atoms with E-state index < -0.39 is 0 Å². The van der Waals surface area contributed by atoms with Crippen LogP contribution in [0.4, 0.5) is 5.13 Å². The number of aromatic nitrogens is 4. The van der Waals surface area contributed by atoms with Gasteiger partial charge in [-0.05, 0) is 43.0 Å². The summed E-state index contributed by atoms with van der Waals surface area (Å²) >= 11 is 1.37. The number of rotatable bonds is 5. The number of aromatic amines is 1. The molecule has 3 aromatic rings. The van der Waals surface area contributed by atoms with Crippen LogP contribution < -0.4 is 5.32 Å². The monoisotopic (exact) mass is 371 g/mol. The average Bonchev–Trinajstić information content (AvgIpc) is 3.15. The molecule has 136 valence electrons. The van der Waals surface area contributed by atoms with Crippen LogP contribution in [0.5, 0.6) is 5.75 Å². The van der Waals surface area contributed by atoms with Crippen molar-refractivity contribution in [1.82, 2.24) is 20.4 Å². The zero-order chi connectivity index (χ0) is 18.8. The minimum atomic E-state index is -0.347. The van der Waals surface area contributed by atoms with Crippen LogP contribution in [0.2, 0.25) is 0 Å². The van der Waals surface area contributed by atoms with Gasteiger partial charge in [-0.3, -0.25) is 15.2 Å². The lowest BCUT2D eigenvalue weighted by atomic mass is 10.0. The van der Waals surface area contributed by atoms with Gasteiger partial charge in [0.15, 0.2) is 0 Å². The number of phenols is 1. The Hall–Kier alpha value is -2.74. The van der Waals surface area contributed by atoms with E-state index in [1.165, 1.54) is 11.3 Å². The topological polar surface area (TPSA) is 104 Å². The summed E-state index contributed by atoms with van der Waals surface area (Å²) < 4.78 is 0. The minimum absolute atomic E-state index is 0.142. The van der Waals surface area contributed by atoms with E-state index in [0.717, 1.165) is 22.6 Å². The van der Waals surface area contributed by atoms with Crippen molar-refractivity contribution in [3.8, 4) is 17.0 Å². The molecular weight excluding hydrogens is 350 g/mol. The molecule has 0 unspecified atom stereocenters. The molecule has 3 rings (SSSR count). The highest BCUT2D eigenvalue weighted by atomic mass is 32.1. The van der Waals surface area contributed by atoms with Gasteiger partial charge >= 0.3 is 0 Å². The van der Waals surface area contributed by atoms with Gasteiger partial charge in [-0.25, -0.2) is 0 Å². The number of aryl methyl sites for hydroxylation is 2. The lowest BCUT2D eigenvalue weighted by Gasteiger charge is -2.06. The molecule has 0 fully saturated rings. The largest absolute Gasteiger partial charge is 0.507 e. The molecule has 0 radical (unpaired) electrons. The van der Waals surface area contributed by atoms with E-state index in [9.17, 15) is 9.90 Å². The highest BCUT2D eigenvalue weighted by Gasteiger charge is 2.17. The first kappa shape index (κ1) is 18.1. The third-order valence-corrected chi connectivity index (χ3v) is 4.67. The van der Waals surface area contributed by atoms with Gasteiger partial charge in [0.1, 0.15) is 16.5 Å². The molecule has 0 aliphatic carbocycles. The van der Waals surface area contributed by atoms with Crippen LogP contribution >= 0.6 is 11.3 Å². The number of carbonyl (C=O) groups is 1. The molecule has 0 spiro atoms. The fourth-order valence-electron chi connectivity index (χ4n) is 2.74. The molecule has 0 saturated carbocycles. The first-order chi connectivity index (χ1) is 12.3. The Bertz CT molecular complexity index is 922. The Morgan fingerprint density at radius 1 is 1.27 bits per heavy atom. The van der Waals surface area contributed by atoms with E-state index in [2.05, 4.69) is 39.6 Å². The van der Waals surface area contributed by atoms with Gasteiger partial charge in [0, 0.05) is 12.0 Å². The number of amides is 1. The predicted molar refractivity (Wildman–Crippen MR) is 102 cm³/mol. The minimum Gasteiger partial charge on any atom is -0.507 e. The Balaban J connectivity index is 1.77. The van der Waals surface area contributed by atoms with Crippen LogP contribution in [0, 0.1) is 19.8 Å². The fourth-order valence-corrected chi connectivity index (χ4v) is 3.69. The highest BCUT2D eigenvalue weighted by Crippen LogP contribution is 2.32. The number of benzene rings is 1. The zero-order valence-corrected chi connectivity index (χ0v) is 15.9. The van der Waals surface area contributed by atoms with E-state index in [-0.39, 0.29) is 11.7 Å². The van der Waals surface area contributed by atoms with Gasteiger partial charge in [0.2, 0.25) is 5.13 Å². The molecule has 0 aliphatic heterocycles. The zero-order valence-electron chi connectivity index (χ0n) is 15.1. The van der Waals surface area contributed by atoms with E-state index in [0.29, 0.717) is 28.0 Å². The van der Waals surface area contributed by atoms with E-state index >= 15 is 0 Å². The number of aromatic hydroxyl groups is 1. The second kappa shape index (κ2) is 7.25. The highest BCUT2D eigenvalue weighted by molar-refractivity contribution is 7.15. The standard InChI is InChI=1S/C18H21N5O2S/c1-9(2)5-15-22-23-18(26-15)19-17(25)13-8-12(20-21-13)16-11(4)6-10(3)7-14(16)24/h6-9,24H,5H2,1-4H3,(H,20,21)(H,19,23,25). The third-order valence-electron chi connectivity index (χ3n) is 3.81. The van der Waals surface area contributed by atoms with Gasteiger partial charge in [0.05, 0.1) is 5.69 Å². The molecule has 0 bridgehead atoms. The molecule has 3 N–H and O–H groups in total. The van der Waals surface area contributed by atoms with Gasteiger partial charge in [0.25, 0.3) is 5.91 Å². The van der Waals surface area contributed by atoms with Crippen molar-refractivity contribution in [3.63, 3.8) is 0 Å². The van der Waals surface area contributed by atoms with Gasteiger partial charge < -0.3 is 5.11 Å².